The Morgan fingerprint density at radius 1 is 0.897 bits per heavy atom. The molecule has 0 saturated carbocycles. The fourth-order valence-corrected chi connectivity index (χ4v) is 3.39. The zero-order chi connectivity index (χ0) is 20.2. The van der Waals surface area contributed by atoms with E-state index >= 15 is 0 Å². The summed E-state index contributed by atoms with van der Waals surface area (Å²) in [6.07, 6.45) is 1.84. The van der Waals surface area contributed by atoms with Crippen LogP contribution in [0.4, 0.5) is 0 Å². The van der Waals surface area contributed by atoms with Crippen molar-refractivity contribution in [1.82, 2.24) is 30.0 Å². The quantitative estimate of drug-likeness (QED) is 0.655. The Morgan fingerprint density at radius 3 is 2.17 bits per heavy atom. The van der Waals surface area contributed by atoms with Gasteiger partial charge in [0, 0.05) is 36.8 Å². The largest absolute Gasteiger partial charge is 0.339 e. The second-order valence-electron chi connectivity index (χ2n) is 6.78. The zero-order valence-corrected chi connectivity index (χ0v) is 16.4. The highest BCUT2D eigenvalue weighted by Gasteiger charge is 2.24. The molecule has 0 aliphatic carbocycles. The predicted octanol–water partition coefficient (Wildman–Crippen LogP) is 1.84. The average molecular weight is 411 g/mol. The standard InChI is InChI=1S/C20H19ClN6O2/c21-17-5-3-16(4-6-17)20(29)26-11-9-25(10-12-26)19(28)13-15-1-7-18(8-2-15)27-14-22-23-24-27/h1-8,14H,9-13H2. The minimum absolute atomic E-state index is 0.0352. The van der Waals surface area contributed by atoms with E-state index in [2.05, 4.69) is 15.5 Å². The van der Waals surface area contributed by atoms with Crippen molar-refractivity contribution < 1.29 is 9.59 Å². The summed E-state index contributed by atoms with van der Waals surface area (Å²) in [5.41, 5.74) is 2.36. The maximum atomic E-state index is 12.6. The van der Waals surface area contributed by atoms with Crippen LogP contribution in [0.5, 0.6) is 0 Å². The molecule has 148 valence electrons. The van der Waals surface area contributed by atoms with Gasteiger partial charge in [-0.25, -0.2) is 4.68 Å². The molecule has 1 aliphatic heterocycles. The lowest BCUT2D eigenvalue weighted by Gasteiger charge is -2.35. The van der Waals surface area contributed by atoms with Crippen LogP contribution in [0.15, 0.2) is 54.9 Å². The Labute approximate surface area is 172 Å². The number of benzene rings is 2. The molecule has 1 aromatic heterocycles. The zero-order valence-electron chi connectivity index (χ0n) is 15.6. The van der Waals surface area contributed by atoms with Crippen LogP contribution in [0.25, 0.3) is 5.69 Å². The van der Waals surface area contributed by atoms with Crippen molar-refractivity contribution in [3.63, 3.8) is 0 Å². The first-order valence-corrected chi connectivity index (χ1v) is 9.63. The summed E-state index contributed by atoms with van der Waals surface area (Å²) in [5.74, 6) is 0.0192. The molecule has 0 spiro atoms. The predicted molar refractivity (Wildman–Crippen MR) is 107 cm³/mol. The third-order valence-electron chi connectivity index (χ3n) is 4.92. The molecule has 1 aliphatic rings. The fraction of sp³-hybridized carbons (Fsp3) is 0.250. The van der Waals surface area contributed by atoms with Gasteiger partial charge in [-0.15, -0.1) is 5.10 Å². The van der Waals surface area contributed by atoms with Gasteiger partial charge in [0.05, 0.1) is 12.1 Å². The minimum atomic E-state index is -0.0352. The van der Waals surface area contributed by atoms with Gasteiger partial charge >= 0.3 is 0 Å². The molecule has 3 aromatic rings. The van der Waals surface area contributed by atoms with E-state index in [9.17, 15) is 9.59 Å². The van der Waals surface area contributed by atoms with Crippen LogP contribution < -0.4 is 0 Å². The third-order valence-corrected chi connectivity index (χ3v) is 5.17. The number of tetrazole rings is 1. The Morgan fingerprint density at radius 2 is 1.55 bits per heavy atom. The smallest absolute Gasteiger partial charge is 0.253 e. The summed E-state index contributed by atoms with van der Waals surface area (Å²) < 4.78 is 1.56. The van der Waals surface area contributed by atoms with Crippen LogP contribution in [-0.2, 0) is 11.2 Å². The number of piperazine rings is 1. The fourth-order valence-electron chi connectivity index (χ4n) is 3.27. The van der Waals surface area contributed by atoms with Gasteiger partial charge < -0.3 is 9.80 Å². The number of nitrogens with zero attached hydrogens (tertiary/aromatic N) is 6. The van der Waals surface area contributed by atoms with E-state index in [-0.39, 0.29) is 11.8 Å². The van der Waals surface area contributed by atoms with Crippen molar-refractivity contribution in [2.75, 3.05) is 26.2 Å². The molecule has 0 N–H and O–H groups in total. The van der Waals surface area contributed by atoms with Crippen molar-refractivity contribution in [1.29, 1.82) is 0 Å². The van der Waals surface area contributed by atoms with Crippen LogP contribution in [0.1, 0.15) is 15.9 Å². The monoisotopic (exact) mass is 410 g/mol. The molecule has 1 saturated heterocycles. The number of aromatic nitrogens is 4. The normalized spacial score (nSPS) is 14.1. The number of halogens is 1. The van der Waals surface area contributed by atoms with Gasteiger partial charge in [0.1, 0.15) is 6.33 Å². The van der Waals surface area contributed by atoms with Crippen molar-refractivity contribution >= 4 is 23.4 Å². The van der Waals surface area contributed by atoms with Gasteiger partial charge in [-0.1, -0.05) is 23.7 Å². The van der Waals surface area contributed by atoms with Crippen molar-refractivity contribution in [3.05, 3.63) is 71.0 Å². The second kappa shape index (κ2) is 8.40. The van der Waals surface area contributed by atoms with Gasteiger partial charge in [0.15, 0.2) is 0 Å². The number of carbonyl (C=O) groups is 2. The number of hydrogen-bond donors (Lipinski definition) is 0. The molecule has 0 radical (unpaired) electrons. The van der Waals surface area contributed by atoms with Gasteiger partial charge in [-0.05, 0) is 52.4 Å². The molecule has 2 heterocycles. The SMILES string of the molecule is O=C(Cc1ccc(-n2cnnn2)cc1)N1CCN(C(=O)c2ccc(Cl)cc2)CC1. The summed E-state index contributed by atoms with van der Waals surface area (Å²) in [4.78, 5) is 28.8. The average Bonchev–Trinajstić information content (AvgIpc) is 3.29. The summed E-state index contributed by atoms with van der Waals surface area (Å²) in [6.45, 7) is 2.10. The second-order valence-corrected chi connectivity index (χ2v) is 7.21. The highest BCUT2D eigenvalue weighted by atomic mass is 35.5. The van der Waals surface area contributed by atoms with Gasteiger partial charge in [-0.2, -0.15) is 0 Å². The van der Waals surface area contributed by atoms with E-state index in [0.29, 0.717) is 43.2 Å². The lowest BCUT2D eigenvalue weighted by molar-refractivity contribution is -0.131. The van der Waals surface area contributed by atoms with Crippen molar-refractivity contribution in [2.24, 2.45) is 0 Å². The molecular formula is C20H19ClN6O2. The molecule has 2 aromatic carbocycles. The Bertz CT molecular complexity index is 981. The molecule has 4 rings (SSSR count). The maximum absolute atomic E-state index is 12.6. The molecule has 29 heavy (non-hydrogen) atoms. The Kier molecular flexibility index (Phi) is 5.53. The summed E-state index contributed by atoms with van der Waals surface area (Å²) >= 11 is 5.88. The number of carbonyl (C=O) groups excluding carboxylic acids is 2. The number of amides is 2. The topological polar surface area (TPSA) is 84.2 Å². The van der Waals surface area contributed by atoms with Crippen LogP contribution in [0.3, 0.4) is 0 Å². The van der Waals surface area contributed by atoms with Gasteiger partial charge in [-0.3, -0.25) is 9.59 Å². The first-order chi connectivity index (χ1) is 14.1. The van der Waals surface area contributed by atoms with E-state index in [1.165, 1.54) is 6.33 Å². The third kappa shape index (κ3) is 4.43. The van der Waals surface area contributed by atoms with Crippen LogP contribution in [-0.4, -0.2) is 68.0 Å². The number of rotatable bonds is 4. The molecule has 2 amide bonds. The molecule has 0 unspecified atom stereocenters. The Hall–Kier alpha value is -3.26. The highest BCUT2D eigenvalue weighted by molar-refractivity contribution is 6.30. The highest BCUT2D eigenvalue weighted by Crippen LogP contribution is 2.14. The van der Waals surface area contributed by atoms with E-state index in [1.54, 1.807) is 38.7 Å². The van der Waals surface area contributed by atoms with Crippen LogP contribution in [0.2, 0.25) is 5.02 Å². The minimum Gasteiger partial charge on any atom is -0.339 e. The lowest BCUT2D eigenvalue weighted by Crippen LogP contribution is -2.51. The molecule has 9 heteroatoms. The van der Waals surface area contributed by atoms with Crippen molar-refractivity contribution in [3.8, 4) is 5.69 Å². The Balaban J connectivity index is 1.31. The molecule has 0 bridgehead atoms. The van der Waals surface area contributed by atoms with Gasteiger partial charge in [0.2, 0.25) is 5.91 Å². The van der Waals surface area contributed by atoms with E-state index < -0.39 is 0 Å². The lowest BCUT2D eigenvalue weighted by atomic mass is 10.1. The molecular weight excluding hydrogens is 392 g/mol. The first-order valence-electron chi connectivity index (χ1n) is 9.25. The first kappa shape index (κ1) is 19.1. The van der Waals surface area contributed by atoms with Crippen LogP contribution >= 0.6 is 11.6 Å². The summed E-state index contributed by atoms with van der Waals surface area (Å²) in [7, 11) is 0. The summed E-state index contributed by atoms with van der Waals surface area (Å²) in [6, 6.07) is 14.4. The molecule has 0 atom stereocenters. The summed E-state index contributed by atoms with van der Waals surface area (Å²) in [5, 5.41) is 11.7. The van der Waals surface area contributed by atoms with E-state index in [1.807, 2.05) is 24.3 Å². The molecule has 1 fully saturated rings. The van der Waals surface area contributed by atoms with Crippen molar-refractivity contribution in [2.45, 2.75) is 6.42 Å². The molecule has 8 nitrogen and oxygen atoms in total. The van der Waals surface area contributed by atoms with Crippen LogP contribution in [0, 0.1) is 0 Å². The number of hydrogen-bond acceptors (Lipinski definition) is 5. The van der Waals surface area contributed by atoms with E-state index in [4.69, 9.17) is 11.6 Å². The van der Waals surface area contributed by atoms with E-state index in [0.717, 1.165) is 11.3 Å². The van der Waals surface area contributed by atoms with Gasteiger partial charge in [0.25, 0.3) is 5.91 Å². The maximum Gasteiger partial charge on any atom is 0.253 e.